The molecule has 0 spiro atoms. The molecule has 0 bridgehead atoms. The van der Waals surface area contributed by atoms with Crippen molar-refractivity contribution in [3.8, 4) is 0 Å². The molecule has 0 radical (unpaired) electrons. The molecule has 0 fully saturated rings. The molecule has 0 saturated heterocycles. The third-order valence-electron chi connectivity index (χ3n) is 3.04. The first kappa shape index (κ1) is 13.1. The van der Waals surface area contributed by atoms with E-state index in [0.29, 0.717) is 12.0 Å². The Morgan fingerprint density at radius 2 is 1.69 bits per heavy atom. The van der Waals surface area contributed by atoms with Gasteiger partial charge in [0.2, 0.25) is 0 Å². The normalized spacial score (nSPS) is 13.0. The van der Waals surface area contributed by atoms with Gasteiger partial charge in [-0.05, 0) is 25.8 Å². The lowest BCUT2D eigenvalue weighted by molar-refractivity contribution is 0.330. The van der Waals surface area contributed by atoms with Crippen molar-refractivity contribution in [3.05, 3.63) is 24.3 Å². The molecule has 0 aromatic carbocycles. The van der Waals surface area contributed by atoms with Crippen molar-refractivity contribution in [2.24, 2.45) is 5.92 Å². The fraction of sp³-hybridized carbons (Fsp3) is 0.692. The Hall–Kier alpha value is -0.960. The average molecular weight is 221 g/mol. The van der Waals surface area contributed by atoms with Gasteiger partial charge in [0.25, 0.3) is 0 Å². The topological polar surface area (TPSA) is 37.8 Å². The van der Waals surface area contributed by atoms with E-state index >= 15 is 0 Å². The zero-order valence-electron chi connectivity index (χ0n) is 10.6. The summed E-state index contributed by atoms with van der Waals surface area (Å²) in [5.41, 5.74) is 1.21. The number of nitrogens with zero attached hydrogens (tertiary/aromatic N) is 2. The fourth-order valence-corrected chi connectivity index (χ4v) is 2.37. The van der Waals surface area contributed by atoms with E-state index in [4.69, 9.17) is 0 Å². The van der Waals surface area contributed by atoms with E-state index in [9.17, 15) is 0 Å². The van der Waals surface area contributed by atoms with Crippen molar-refractivity contribution in [3.63, 3.8) is 0 Å². The predicted octanol–water partition coefficient (Wildman–Crippen LogP) is 2.95. The van der Waals surface area contributed by atoms with E-state index in [1.807, 2.05) is 19.4 Å². The molecule has 1 unspecified atom stereocenters. The number of rotatable bonds is 7. The Bertz CT molecular complexity index is 268. The Labute approximate surface area is 98.7 Å². The van der Waals surface area contributed by atoms with Crippen LogP contribution in [-0.4, -0.2) is 17.0 Å². The zero-order valence-corrected chi connectivity index (χ0v) is 10.6. The van der Waals surface area contributed by atoms with E-state index in [1.165, 1.54) is 31.2 Å². The highest BCUT2D eigenvalue weighted by molar-refractivity contribution is 5.10. The molecule has 1 aromatic rings. The van der Waals surface area contributed by atoms with Crippen LogP contribution in [-0.2, 0) is 0 Å². The minimum absolute atomic E-state index is 0.390. The second kappa shape index (κ2) is 7.34. The monoisotopic (exact) mass is 221 g/mol. The SMILES string of the molecule is CCCC(CCC)C(NC)c1cncnc1. The van der Waals surface area contributed by atoms with Gasteiger partial charge in [-0.1, -0.05) is 26.7 Å². The second-order valence-electron chi connectivity index (χ2n) is 4.28. The summed E-state index contributed by atoms with van der Waals surface area (Å²) in [4.78, 5) is 8.21. The number of aromatic nitrogens is 2. The van der Waals surface area contributed by atoms with Crippen molar-refractivity contribution in [2.45, 2.75) is 45.6 Å². The third kappa shape index (κ3) is 3.56. The molecule has 0 amide bonds. The molecule has 90 valence electrons. The maximum absolute atomic E-state index is 4.11. The predicted molar refractivity (Wildman–Crippen MR) is 67.1 cm³/mol. The van der Waals surface area contributed by atoms with Crippen LogP contribution in [0.3, 0.4) is 0 Å². The van der Waals surface area contributed by atoms with E-state index in [1.54, 1.807) is 6.33 Å². The van der Waals surface area contributed by atoms with Crippen molar-refractivity contribution in [2.75, 3.05) is 7.05 Å². The van der Waals surface area contributed by atoms with E-state index in [-0.39, 0.29) is 0 Å². The molecule has 3 heteroatoms. The van der Waals surface area contributed by atoms with Gasteiger partial charge in [-0.15, -0.1) is 0 Å². The highest BCUT2D eigenvalue weighted by Crippen LogP contribution is 2.28. The summed E-state index contributed by atoms with van der Waals surface area (Å²) in [7, 11) is 2.02. The van der Waals surface area contributed by atoms with Crippen molar-refractivity contribution in [1.29, 1.82) is 0 Å². The molecule has 16 heavy (non-hydrogen) atoms. The van der Waals surface area contributed by atoms with Gasteiger partial charge in [-0.2, -0.15) is 0 Å². The highest BCUT2D eigenvalue weighted by Gasteiger charge is 2.20. The third-order valence-corrected chi connectivity index (χ3v) is 3.04. The van der Waals surface area contributed by atoms with Crippen molar-refractivity contribution >= 4 is 0 Å². The maximum Gasteiger partial charge on any atom is 0.115 e. The van der Waals surface area contributed by atoms with Crippen LogP contribution in [0.4, 0.5) is 0 Å². The van der Waals surface area contributed by atoms with Gasteiger partial charge in [0, 0.05) is 24.0 Å². The molecule has 0 saturated carbocycles. The summed E-state index contributed by atoms with van der Waals surface area (Å²) in [5.74, 6) is 0.686. The largest absolute Gasteiger partial charge is 0.313 e. The Balaban J connectivity index is 2.77. The summed E-state index contributed by atoms with van der Waals surface area (Å²) < 4.78 is 0. The second-order valence-corrected chi connectivity index (χ2v) is 4.28. The summed E-state index contributed by atoms with van der Waals surface area (Å²) in [6.07, 6.45) is 10.4. The van der Waals surface area contributed by atoms with Gasteiger partial charge in [-0.25, -0.2) is 9.97 Å². The van der Waals surface area contributed by atoms with Crippen molar-refractivity contribution in [1.82, 2.24) is 15.3 Å². The molecular weight excluding hydrogens is 198 g/mol. The van der Waals surface area contributed by atoms with Crippen LogP contribution in [0.5, 0.6) is 0 Å². The molecule has 1 atom stereocenters. The molecule has 1 rings (SSSR count). The Morgan fingerprint density at radius 1 is 1.12 bits per heavy atom. The first-order valence-electron chi connectivity index (χ1n) is 6.25. The van der Waals surface area contributed by atoms with Crippen LogP contribution in [0, 0.1) is 5.92 Å². The van der Waals surface area contributed by atoms with Gasteiger partial charge in [-0.3, -0.25) is 0 Å². The fourth-order valence-electron chi connectivity index (χ4n) is 2.37. The van der Waals surface area contributed by atoms with E-state index < -0.39 is 0 Å². The van der Waals surface area contributed by atoms with Crippen LogP contribution in [0.1, 0.15) is 51.1 Å². The van der Waals surface area contributed by atoms with Gasteiger partial charge in [0.15, 0.2) is 0 Å². The zero-order chi connectivity index (χ0) is 11.8. The van der Waals surface area contributed by atoms with Gasteiger partial charge >= 0.3 is 0 Å². The van der Waals surface area contributed by atoms with Crippen LogP contribution in [0.2, 0.25) is 0 Å². The summed E-state index contributed by atoms with van der Waals surface area (Å²) in [6, 6.07) is 0.390. The van der Waals surface area contributed by atoms with Gasteiger partial charge < -0.3 is 5.32 Å². The minimum Gasteiger partial charge on any atom is -0.313 e. The molecule has 0 aliphatic heterocycles. The summed E-state index contributed by atoms with van der Waals surface area (Å²) in [5, 5.41) is 3.41. The smallest absolute Gasteiger partial charge is 0.115 e. The molecule has 0 aliphatic rings. The van der Waals surface area contributed by atoms with Crippen molar-refractivity contribution < 1.29 is 0 Å². The number of nitrogens with one attached hydrogen (secondary N) is 1. The lowest BCUT2D eigenvalue weighted by Crippen LogP contribution is -2.25. The quantitative estimate of drug-likeness (QED) is 0.769. The molecule has 1 heterocycles. The molecule has 1 N–H and O–H groups in total. The first-order valence-corrected chi connectivity index (χ1v) is 6.25. The van der Waals surface area contributed by atoms with Crippen LogP contribution < -0.4 is 5.32 Å². The lowest BCUT2D eigenvalue weighted by Gasteiger charge is -2.26. The first-order chi connectivity index (χ1) is 7.83. The van der Waals surface area contributed by atoms with Crippen LogP contribution in [0.15, 0.2) is 18.7 Å². The molecule has 0 aliphatic carbocycles. The Morgan fingerprint density at radius 3 is 2.12 bits per heavy atom. The minimum atomic E-state index is 0.390. The molecular formula is C13H23N3. The maximum atomic E-state index is 4.11. The standard InChI is InChI=1S/C13H23N3/c1-4-6-11(7-5-2)13(14-3)12-8-15-10-16-9-12/h8-11,13-14H,4-7H2,1-3H3. The number of hydrogen-bond acceptors (Lipinski definition) is 3. The van der Waals surface area contributed by atoms with Gasteiger partial charge in [0.1, 0.15) is 6.33 Å². The highest BCUT2D eigenvalue weighted by atomic mass is 14.9. The Kier molecular flexibility index (Phi) is 6.01. The van der Waals surface area contributed by atoms with Crippen LogP contribution in [0.25, 0.3) is 0 Å². The number of hydrogen-bond donors (Lipinski definition) is 1. The van der Waals surface area contributed by atoms with Crippen LogP contribution >= 0.6 is 0 Å². The average Bonchev–Trinajstić information content (AvgIpc) is 2.32. The van der Waals surface area contributed by atoms with E-state index in [0.717, 1.165) is 0 Å². The molecule has 1 aromatic heterocycles. The molecule has 3 nitrogen and oxygen atoms in total. The van der Waals surface area contributed by atoms with Gasteiger partial charge in [0.05, 0.1) is 0 Å². The van der Waals surface area contributed by atoms with E-state index in [2.05, 4.69) is 29.1 Å². The lowest BCUT2D eigenvalue weighted by atomic mass is 9.87. The summed E-state index contributed by atoms with van der Waals surface area (Å²) in [6.45, 7) is 4.49. The summed E-state index contributed by atoms with van der Waals surface area (Å²) >= 11 is 0.